The van der Waals surface area contributed by atoms with Crippen molar-refractivity contribution in [2.45, 2.75) is 30.7 Å². The molecule has 0 radical (unpaired) electrons. The van der Waals surface area contributed by atoms with E-state index in [2.05, 4.69) is 20.3 Å². The average Bonchev–Trinajstić information content (AvgIpc) is 3.26. The topological polar surface area (TPSA) is 103 Å². The lowest BCUT2D eigenvalue weighted by molar-refractivity contribution is -0.149. The third kappa shape index (κ3) is 5.68. The van der Waals surface area contributed by atoms with Gasteiger partial charge in [0.05, 0.1) is 23.9 Å². The third-order valence-corrected chi connectivity index (χ3v) is 6.59. The third-order valence-electron chi connectivity index (χ3n) is 5.27. The predicted molar refractivity (Wildman–Crippen MR) is 128 cm³/mol. The van der Waals surface area contributed by atoms with Gasteiger partial charge in [0.15, 0.2) is 10.9 Å². The van der Waals surface area contributed by atoms with E-state index in [1.165, 1.54) is 11.8 Å². The minimum absolute atomic E-state index is 0.198. The first kappa shape index (κ1) is 24.4. The number of thioether (sulfide) groups is 1. The molecule has 0 bridgehead atoms. The molecule has 0 spiro atoms. The molecule has 9 nitrogen and oxygen atoms in total. The lowest BCUT2D eigenvalue weighted by atomic mass is 9.98. The van der Waals surface area contributed by atoms with Crippen molar-refractivity contribution in [2.75, 3.05) is 19.7 Å². The van der Waals surface area contributed by atoms with Gasteiger partial charge in [0, 0.05) is 41.3 Å². The zero-order valence-corrected chi connectivity index (χ0v) is 20.7. The van der Waals surface area contributed by atoms with Crippen molar-refractivity contribution in [1.82, 2.24) is 29.9 Å². The normalized spacial score (nSPS) is 15.9. The van der Waals surface area contributed by atoms with Gasteiger partial charge in [-0.2, -0.15) is 0 Å². The smallest absolute Gasteiger partial charge is 0.310 e. The van der Waals surface area contributed by atoms with Crippen LogP contribution in [0.4, 0.5) is 0 Å². The van der Waals surface area contributed by atoms with Gasteiger partial charge in [-0.15, -0.1) is 5.10 Å². The van der Waals surface area contributed by atoms with E-state index in [4.69, 9.17) is 27.9 Å². The Morgan fingerprint density at radius 3 is 2.62 bits per heavy atom. The SMILES string of the molecule is CCOC(=O)C1CCCN(C(=O)c2nnn(-c3cc(Cl)cc(Cl)c3)c2CSc2ncccn2)C1. The summed E-state index contributed by atoms with van der Waals surface area (Å²) in [4.78, 5) is 35.9. The van der Waals surface area contributed by atoms with E-state index >= 15 is 0 Å². The quantitative estimate of drug-likeness (QED) is 0.261. The molecule has 1 unspecified atom stereocenters. The van der Waals surface area contributed by atoms with Crippen molar-refractivity contribution in [1.29, 1.82) is 0 Å². The van der Waals surface area contributed by atoms with Crippen molar-refractivity contribution in [2.24, 2.45) is 5.92 Å². The molecule has 1 aromatic carbocycles. The van der Waals surface area contributed by atoms with Gasteiger partial charge >= 0.3 is 5.97 Å². The number of likely N-dealkylation sites (tertiary alicyclic amines) is 1. The average molecular weight is 521 g/mol. The number of carbonyl (C=O) groups excluding carboxylic acids is 2. The molecule has 1 amide bonds. The summed E-state index contributed by atoms with van der Waals surface area (Å²) >= 11 is 13.7. The Kier molecular flexibility index (Phi) is 8.02. The summed E-state index contributed by atoms with van der Waals surface area (Å²) in [6, 6.07) is 6.74. The summed E-state index contributed by atoms with van der Waals surface area (Å²) in [7, 11) is 0. The van der Waals surface area contributed by atoms with Crippen molar-refractivity contribution >= 4 is 46.8 Å². The number of ether oxygens (including phenoxy) is 1. The molecule has 1 saturated heterocycles. The molecule has 1 aliphatic rings. The Bertz CT molecular complexity index is 1160. The molecule has 1 aliphatic heterocycles. The number of amides is 1. The molecule has 3 heterocycles. The van der Waals surface area contributed by atoms with Gasteiger partial charge in [-0.3, -0.25) is 9.59 Å². The number of rotatable bonds is 7. The van der Waals surface area contributed by atoms with Crippen molar-refractivity contribution < 1.29 is 14.3 Å². The van der Waals surface area contributed by atoms with Gasteiger partial charge in [0.2, 0.25) is 0 Å². The van der Waals surface area contributed by atoms with Crippen molar-refractivity contribution in [3.05, 3.63) is 58.1 Å². The molecule has 0 saturated carbocycles. The summed E-state index contributed by atoms with van der Waals surface area (Å²) in [5.41, 5.74) is 1.33. The van der Waals surface area contributed by atoms with E-state index in [1.807, 2.05) is 0 Å². The fourth-order valence-electron chi connectivity index (χ4n) is 3.72. The Morgan fingerprint density at radius 2 is 1.91 bits per heavy atom. The number of hydrogen-bond acceptors (Lipinski definition) is 8. The van der Waals surface area contributed by atoms with Crippen LogP contribution in [-0.4, -0.2) is 61.4 Å². The van der Waals surface area contributed by atoms with Gasteiger partial charge in [-0.05, 0) is 44.0 Å². The van der Waals surface area contributed by atoms with E-state index in [0.29, 0.717) is 58.3 Å². The number of benzene rings is 1. The summed E-state index contributed by atoms with van der Waals surface area (Å²) in [5, 5.41) is 9.87. The summed E-state index contributed by atoms with van der Waals surface area (Å²) in [6.45, 7) is 2.88. The van der Waals surface area contributed by atoms with Gasteiger partial charge in [-0.25, -0.2) is 14.6 Å². The van der Waals surface area contributed by atoms with Crippen LogP contribution in [0.1, 0.15) is 35.9 Å². The second-order valence-electron chi connectivity index (χ2n) is 7.59. The zero-order chi connectivity index (χ0) is 24.1. The highest BCUT2D eigenvalue weighted by atomic mass is 35.5. The molecule has 12 heteroatoms. The fraction of sp³-hybridized carbons (Fsp3) is 0.364. The van der Waals surface area contributed by atoms with E-state index in [-0.39, 0.29) is 30.0 Å². The molecule has 4 rings (SSSR count). The van der Waals surface area contributed by atoms with Crippen LogP contribution >= 0.6 is 35.0 Å². The van der Waals surface area contributed by atoms with Crippen LogP contribution in [0.3, 0.4) is 0 Å². The first-order valence-electron chi connectivity index (χ1n) is 10.7. The van der Waals surface area contributed by atoms with Crippen LogP contribution in [0.15, 0.2) is 41.8 Å². The summed E-state index contributed by atoms with van der Waals surface area (Å²) in [5.74, 6) is -0.598. The number of carbonyl (C=O) groups is 2. The highest BCUT2D eigenvalue weighted by molar-refractivity contribution is 7.98. The molecular formula is C22H22Cl2N6O3S. The van der Waals surface area contributed by atoms with Gasteiger partial charge in [-0.1, -0.05) is 40.2 Å². The standard InChI is InChI=1S/C22H22Cl2N6O3S/c1-2-33-21(32)14-5-3-8-29(12-14)20(31)19-18(13-34-22-25-6-4-7-26-22)30(28-27-19)17-10-15(23)9-16(24)11-17/h4,6-7,9-11,14H,2-3,5,8,12-13H2,1H3. The van der Waals surface area contributed by atoms with Crippen LogP contribution in [0.2, 0.25) is 10.0 Å². The van der Waals surface area contributed by atoms with Gasteiger partial charge in [0.25, 0.3) is 5.91 Å². The Hall–Kier alpha value is -2.69. The number of hydrogen-bond donors (Lipinski definition) is 0. The highest BCUT2D eigenvalue weighted by Crippen LogP contribution is 2.28. The van der Waals surface area contributed by atoms with E-state index in [0.717, 1.165) is 0 Å². The summed E-state index contributed by atoms with van der Waals surface area (Å²) in [6.07, 6.45) is 4.69. The first-order valence-corrected chi connectivity index (χ1v) is 12.5. The number of halogens is 2. The number of esters is 1. The lowest BCUT2D eigenvalue weighted by Gasteiger charge is -2.31. The lowest BCUT2D eigenvalue weighted by Crippen LogP contribution is -2.43. The number of aromatic nitrogens is 5. The second-order valence-corrected chi connectivity index (χ2v) is 9.40. The molecular weight excluding hydrogens is 499 g/mol. The molecule has 2 aromatic heterocycles. The van der Waals surface area contributed by atoms with Gasteiger partial charge < -0.3 is 9.64 Å². The molecule has 1 atom stereocenters. The predicted octanol–water partition coefficient (Wildman–Crippen LogP) is 4.07. The molecule has 34 heavy (non-hydrogen) atoms. The van der Waals surface area contributed by atoms with Crippen LogP contribution in [0.5, 0.6) is 0 Å². The van der Waals surface area contributed by atoms with Crippen LogP contribution in [0.25, 0.3) is 5.69 Å². The van der Waals surface area contributed by atoms with Crippen LogP contribution in [0, 0.1) is 5.92 Å². The molecule has 0 N–H and O–H groups in total. The van der Waals surface area contributed by atoms with E-state index < -0.39 is 0 Å². The molecule has 1 fully saturated rings. The maximum Gasteiger partial charge on any atom is 0.310 e. The first-order chi connectivity index (χ1) is 16.5. The summed E-state index contributed by atoms with van der Waals surface area (Å²) < 4.78 is 6.71. The van der Waals surface area contributed by atoms with Crippen molar-refractivity contribution in [3.63, 3.8) is 0 Å². The van der Waals surface area contributed by atoms with Gasteiger partial charge in [0.1, 0.15) is 0 Å². The highest BCUT2D eigenvalue weighted by Gasteiger charge is 2.32. The Labute approximate surface area is 210 Å². The fourth-order valence-corrected chi connectivity index (χ4v) is 5.03. The minimum Gasteiger partial charge on any atom is -0.466 e. The number of piperidine rings is 1. The minimum atomic E-state index is -0.352. The Balaban J connectivity index is 1.65. The van der Waals surface area contributed by atoms with E-state index in [1.54, 1.807) is 53.2 Å². The van der Waals surface area contributed by atoms with Crippen molar-refractivity contribution in [3.8, 4) is 5.69 Å². The molecule has 0 aliphatic carbocycles. The largest absolute Gasteiger partial charge is 0.466 e. The molecule has 3 aromatic rings. The van der Waals surface area contributed by atoms with Crippen LogP contribution < -0.4 is 0 Å². The maximum absolute atomic E-state index is 13.5. The van der Waals surface area contributed by atoms with E-state index in [9.17, 15) is 9.59 Å². The zero-order valence-electron chi connectivity index (χ0n) is 18.4. The molecule has 178 valence electrons. The monoisotopic (exact) mass is 520 g/mol. The number of nitrogens with zero attached hydrogens (tertiary/aromatic N) is 6. The Morgan fingerprint density at radius 1 is 1.18 bits per heavy atom. The van der Waals surface area contributed by atoms with Crippen LogP contribution in [-0.2, 0) is 15.3 Å². The maximum atomic E-state index is 13.5. The second kappa shape index (κ2) is 11.2.